The summed E-state index contributed by atoms with van der Waals surface area (Å²) in [6, 6.07) is 2.51. The van der Waals surface area contributed by atoms with Gasteiger partial charge < -0.3 is 5.32 Å². The van der Waals surface area contributed by atoms with E-state index in [9.17, 15) is 10.1 Å². The zero-order valence-electron chi connectivity index (χ0n) is 20.7. The van der Waals surface area contributed by atoms with Crippen molar-refractivity contribution in [3.8, 4) is 17.5 Å². The van der Waals surface area contributed by atoms with Gasteiger partial charge in [0.1, 0.15) is 11.1 Å². The molecule has 0 radical (unpaired) electrons. The lowest BCUT2D eigenvalue weighted by Crippen LogP contribution is -2.15. The summed E-state index contributed by atoms with van der Waals surface area (Å²) in [7, 11) is 0. The molecule has 5 rings (SSSR count). The number of rotatable bonds is 6. The van der Waals surface area contributed by atoms with Gasteiger partial charge in [-0.25, -0.2) is 0 Å². The van der Waals surface area contributed by atoms with E-state index in [-0.39, 0.29) is 17.7 Å². The molecule has 2 aliphatic rings. The molecule has 0 saturated heterocycles. The number of fused-ring (bicyclic) bond motifs is 2. The minimum Gasteiger partial charge on any atom is -0.316 e. The molecule has 6 nitrogen and oxygen atoms in total. The van der Waals surface area contributed by atoms with Crippen molar-refractivity contribution in [1.82, 2.24) is 14.8 Å². The van der Waals surface area contributed by atoms with Crippen molar-refractivity contribution < 1.29 is 4.79 Å². The first kappa shape index (κ1) is 24.5. The third kappa shape index (κ3) is 4.81. The number of anilines is 1. The fourth-order valence-electron chi connectivity index (χ4n) is 5.14. The normalized spacial score (nSPS) is 19.3. The van der Waals surface area contributed by atoms with E-state index in [1.165, 1.54) is 39.1 Å². The van der Waals surface area contributed by atoms with Crippen LogP contribution in [0.4, 0.5) is 5.00 Å². The third-order valence-electron chi connectivity index (χ3n) is 7.03. The Kier molecular flexibility index (Phi) is 7.06. The fraction of sp³-hybridized carbons (Fsp3) is 0.538. The maximum atomic E-state index is 12.9. The average molecular weight is 526 g/mol. The molecule has 1 N–H and O–H groups in total. The van der Waals surface area contributed by atoms with Crippen LogP contribution in [0.1, 0.15) is 73.0 Å². The zero-order chi connectivity index (χ0) is 24.7. The highest BCUT2D eigenvalue weighted by Crippen LogP contribution is 2.40. The van der Waals surface area contributed by atoms with E-state index < -0.39 is 0 Å². The second kappa shape index (κ2) is 10.1. The summed E-state index contributed by atoms with van der Waals surface area (Å²) in [6.45, 7) is 8.84. The summed E-state index contributed by atoms with van der Waals surface area (Å²) >= 11 is 4.82. The van der Waals surface area contributed by atoms with E-state index in [0.717, 1.165) is 54.6 Å². The standard InChI is InChI=1S/C26H31N5OS3/c1-14(2)31-24(20-12-33-21-9-15(3)6-8-18(20)21)29-30-26(31)34-13-23(32)28-25-19(11-27)17-7-5-16(4)10-22(17)35-25/h12,14-16H,5-10,13H2,1-4H3,(H,28,32). The van der Waals surface area contributed by atoms with Crippen molar-refractivity contribution in [3.05, 3.63) is 31.8 Å². The molecule has 3 heterocycles. The molecule has 3 aromatic heterocycles. The highest BCUT2D eigenvalue weighted by atomic mass is 32.2. The molecule has 184 valence electrons. The number of hydrogen-bond donors (Lipinski definition) is 1. The first-order valence-corrected chi connectivity index (χ1v) is 15.1. The predicted octanol–water partition coefficient (Wildman–Crippen LogP) is 6.50. The lowest BCUT2D eigenvalue weighted by molar-refractivity contribution is -0.113. The highest BCUT2D eigenvalue weighted by Gasteiger charge is 2.27. The van der Waals surface area contributed by atoms with Gasteiger partial charge in [-0.15, -0.1) is 32.9 Å². The van der Waals surface area contributed by atoms with Crippen molar-refractivity contribution in [1.29, 1.82) is 5.26 Å². The summed E-state index contributed by atoms with van der Waals surface area (Å²) in [5, 5.41) is 25.5. The molecule has 0 aliphatic heterocycles. The van der Waals surface area contributed by atoms with Gasteiger partial charge in [-0.3, -0.25) is 9.36 Å². The van der Waals surface area contributed by atoms with Gasteiger partial charge in [-0.05, 0) is 75.3 Å². The van der Waals surface area contributed by atoms with Crippen molar-refractivity contribution in [2.24, 2.45) is 11.8 Å². The minimum absolute atomic E-state index is 0.111. The Labute approximate surface area is 219 Å². The van der Waals surface area contributed by atoms with Crippen LogP contribution in [-0.4, -0.2) is 26.4 Å². The van der Waals surface area contributed by atoms with Crippen LogP contribution < -0.4 is 5.32 Å². The molecular weight excluding hydrogens is 495 g/mol. The van der Waals surface area contributed by atoms with Crippen molar-refractivity contribution >= 4 is 45.3 Å². The summed E-state index contributed by atoms with van der Waals surface area (Å²) in [5.74, 6) is 2.39. The Hall–Kier alpha value is -2.15. The molecule has 0 aromatic carbocycles. The Morgan fingerprint density at radius 1 is 1.20 bits per heavy atom. The van der Waals surface area contributed by atoms with Gasteiger partial charge in [0.2, 0.25) is 5.91 Å². The van der Waals surface area contributed by atoms with E-state index in [1.807, 2.05) is 11.3 Å². The van der Waals surface area contributed by atoms with Crippen LogP contribution in [0.2, 0.25) is 0 Å². The number of nitrogens with zero attached hydrogens (tertiary/aromatic N) is 4. The van der Waals surface area contributed by atoms with Crippen LogP contribution in [0, 0.1) is 23.2 Å². The quantitative estimate of drug-likeness (QED) is 0.371. The van der Waals surface area contributed by atoms with Gasteiger partial charge in [0.15, 0.2) is 11.0 Å². The van der Waals surface area contributed by atoms with Gasteiger partial charge in [0, 0.05) is 26.7 Å². The van der Waals surface area contributed by atoms with E-state index in [0.29, 0.717) is 16.5 Å². The van der Waals surface area contributed by atoms with Crippen molar-refractivity contribution in [2.45, 2.75) is 77.4 Å². The molecule has 0 spiro atoms. The fourth-order valence-corrected chi connectivity index (χ4v) is 8.63. The summed E-state index contributed by atoms with van der Waals surface area (Å²) in [4.78, 5) is 15.6. The minimum atomic E-state index is -0.111. The highest BCUT2D eigenvalue weighted by molar-refractivity contribution is 7.99. The van der Waals surface area contributed by atoms with Crippen LogP contribution in [-0.2, 0) is 30.5 Å². The molecule has 35 heavy (non-hydrogen) atoms. The van der Waals surface area contributed by atoms with Crippen LogP contribution in [0.15, 0.2) is 10.5 Å². The second-order valence-corrected chi connectivity index (χ2v) is 13.2. The molecule has 2 atom stereocenters. The van der Waals surface area contributed by atoms with Gasteiger partial charge in [-0.2, -0.15) is 5.26 Å². The third-order valence-corrected chi connectivity index (χ3v) is 10.2. The molecule has 2 aliphatic carbocycles. The molecule has 0 saturated carbocycles. The number of thiophene rings is 2. The first-order chi connectivity index (χ1) is 16.9. The average Bonchev–Trinajstić information content (AvgIpc) is 3.51. The number of amides is 1. The van der Waals surface area contributed by atoms with Gasteiger partial charge in [0.25, 0.3) is 0 Å². The molecule has 1 amide bonds. The van der Waals surface area contributed by atoms with Crippen LogP contribution in [0.25, 0.3) is 11.4 Å². The Morgan fingerprint density at radius 3 is 2.63 bits per heavy atom. The molecule has 0 bridgehead atoms. The zero-order valence-corrected chi connectivity index (χ0v) is 23.1. The Bertz CT molecular complexity index is 1300. The lowest BCUT2D eigenvalue weighted by Gasteiger charge is -2.19. The Morgan fingerprint density at radius 2 is 1.91 bits per heavy atom. The second-order valence-electron chi connectivity index (χ2n) is 10.2. The molecule has 2 unspecified atom stereocenters. The van der Waals surface area contributed by atoms with Gasteiger partial charge in [-0.1, -0.05) is 25.6 Å². The molecule has 9 heteroatoms. The molecular formula is C26H31N5OS3. The number of thioether (sulfide) groups is 1. The number of hydrogen-bond acceptors (Lipinski definition) is 7. The largest absolute Gasteiger partial charge is 0.316 e. The summed E-state index contributed by atoms with van der Waals surface area (Å²) in [6.07, 6.45) is 6.46. The molecule has 0 fully saturated rings. The van der Waals surface area contributed by atoms with Crippen LogP contribution in [0.5, 0.6) is 0 Å². The number of aromatic nitrogens is 3. The van der Waals surface area contributed by atoms with E-state index in [2.05, 4.69) is 59.2 Å². The molecule has 3 aromatic rings. The number of nitrogens with one attached hydrogen (secondary N) is 1. The van der Waals surface area contributed by atoms with E-state index >= 15 is 0 Å². The van der Waals surface area contributed by atoms with E-state index in [1.54, 1.807) is 11.3 Å². The van der Waals surface area contributed by atoms with Crippen molar-refractivity contribution in [2.75, 3.05) is 11.1 Å². The smallest absolute Gasteiger partial charge is 0.235 e. The monoisotopic (exact) mass is 525 g/mol. The SMILES string of the molecule is CC1CCc2c(-c3nnc(SCC(=O)Nc4sc5c(c4C#N)CCC(C)C5)n3C(C)C)csc2C1. The number of carbonyl (C=O) groups is 1. The van der Waals surface area contributed by atoms with Gasteiger partial charge >= 0.3 is 0 Å². The van der Waals surface area contributed by atoms with Gasteiger partial charge in [0.05, 0.1) is 11.3 Å². The maximum absolute atomic E-state index is 12.9. The topological polar surface area (TPSA) is 83.6 Å². The summed E-state index contributed by atoms with van der Waals surface area (Å²) < 4.78 is 2.16. The number of carbonyl (C=O) groups excluding carboxylic acids is 1. The number of nitriles is 1. The lowest BCUT2D eigenvalue weighted by atomic mass is 9.88. The van der Waals surface area contributed by atoms with Crippen LogP contribution in [0.3, 0.4) is 0 Å². The van der Waals surface area contributed by atoms with Crippen molar-refractivity contribution in [3.63, 3.8) is 0 Å². The maximum Gasteiger partial charge on any atom is 0.235 e. The summed E-state index contributed by atoms with van der Waals surface area (Å²) in [5.41, 5.74) is 4.42. The Balaban J connectivity index is 1.32. The predicted molar refractivity (Wildman–Crippen MR) is 144 cm³/mol. The van der Waals surface area contributed by atoms with E-state index in [4.69, 9.17) is 0 Å². The van der Waals surface area contributed by atoms with Crippen LogP contribution >= 0.6 is 34.4 Å². The first-order valence-electron chi connectivity index (χ1n) is 12.4.